The van der Waals surface area contributed by atoms with Crippen LogP contribution in [0.25, 0.3) is 0 Å². The summed E-state index contributed by atoms with van der Waals surface area (Å²) in [6.07, 6.45) is 8.74. The summed E-state index contributed by atoms with van der Waals surface area (Å²) >= 11 is 0. The molecular weight excluding hydrogens is 394 g/mol. The zero-order valence-corrected chi connectivity index (χ0v) is 19.9. The van der Waals surface area contributed by atoms with Crippen molar-refractivity contribution in [2.75, 3.05) is 19.0 Å². The Kier molecular flexibility index (Phi) is 5.13. The van der Waals surface area contributed by atoms with E-state index in [-0.39, 0.29) is 17.1 Å². The molecule has 1 aromatic carbocycles. The molecule has 0 aromatic heterocycles. The first-order chi connectivity index (χ1) is 15.3. The number of anilines is 1. The molecule has 3 nitrogen and oxygen atoms in total. The van der Waals surface area contributed by atoms with E-state index >= 15 is 0 Å². The number of allylic oxidation sites excluding steroid dienone is 4. The Bertz CT molecular complexity index is 1070. The molecule has 4 aliphatic carbocycles. The number of hydrogen-bond acceptors (Lipinski definition) is 3. The highest BCUT2D eigenvalue weighted by Gasteiger charge is 2.60. The smallest absolute Gasteiger partial charge is 0.163 e. The van der Waals surface area contributed by atoms with Crippen LogP contribution in [0.3, 0.4) is 0 Å². The van der Waals surface area contributed by atoms with E-state index in [1.54, 1.807) is 5.57 Å². The van der Waals surface area contributed by atoms with E-state index in [1.165, 1.54) is 11.1 Å². The molecule has 2 fully saturated rings. The van der Waals surface area contributed by atoms with Crippen molar-refractivity contribution in [3.8, 4) is 11.8 Å². The van der Waals surface area contributed by atoms with Gasteiger partial charge in [-0.3, -0.25) is 4.79 Å². The lowest BCUT2D eigenvalue weighted by atomic mass is 9.55. The molecule has 0 amide bonds. The molecule has 32 heavy (non-hydrogen) atoms. The summed E-state index contributed by atoms with van der Waals surface area (Å²) < 4.78 is 0. The summed E-state index contributed by atoms with van der Waals surface area (Å²) in [6.45, 7) is 4.12. The standard InChI is InChI=1S/C29H35NO2/c1-5-14-29(32)16-13-26-23-11-8-20-17-27(31)25(19-6-9-21(10-7-19)30(3)4)18-24(20)22(23)12-15-28(26,29)2/h6-7,9-10,17,23,25-26,32H,8,11-13,15-16,18H2,1-4H3/t23-,25?,26+,28+,29+/m1/s1. The zero-order valence-electron chi connectivity index (χ0n) is 19.9. The number of carbonyl (C=O) groups excluding carboxylic acids is 1. The van der Waals surface area contributed by atoms with Crippen LogP contribution in [0.1, 0.15) is 70.3 Å². The average Bonchev–Trinajstić information content (AvgIpc) is 3.04. The van der Waals surface area contributed by atoms with Crippen LogP contribution in [0.4, 0.5) is 5.69 Å². The molecule has 5 atom stereocenters. The van der Waals surface area contributed by atoms with Crippen LogP contribution in [0.2, 0.25) is 0 Å². The van der Waals surface area contributed by atoms with Crippen LogP contribution in [0, 0.1) is 29.1 Å². The van der Waals surface area contributed by atoms with E-state index in [0.717, 1.165) is 56.2 Å². The maximum Gasteiger partial charge on any atom is 0.163 e. The number of rotatable bonds is 2. The molecule has 0 bridgehead atoms. The van der Waals surface area contributed by atoms with Crippen molar-refractivity contribution in [3.05, 3.63) is 52.6 Å². The minimum Gasteiger partial charge on any atom is -0.378 e. The van der Waals surface area contributed by atoms with E-state index < -0.39 is 5.60 Å². The monoisotopic (exact) mass is 429 g/mol. The predicted molar refractivity (Wildman–Crippen MR) is 129 cm³/mol. The Morgan fingerprint density at radius 1 is 1.09 bits per heavy atom. The number of carbonyl (C=O) groups is 1. The summed E-state index contributed by atoms with van der Waals surface area (Å²) in [5.74, 6) is 7.39. The van der Waals surface area contributed by atoms with Gasteiger partial charge in [0.05, 0.1) is 5.92 Å². The second-order valence-electron chi connectivity index (χ2n) is 10.8. The van der Waals surface area contributed by atoms with Gasteiger partial charge in [-0.15, -0.1) is 5.92 Å². The first-order valence-electron chi connectivity index (χ1n) is 12.2. The molecule has 0 saturated heterocycles. The van der Waals surface area contributed by atoms with E-state index in [9.17, 15) is 9.90 Å². The largest absolute Gasteiger partial charge is 0.378 e. The molecule has 0 radical (unpaired) electrons. The van der Waals surface area contributed by atoms with Gasteiger partial charge in [-0.1, -0.05) is 30.6 Å². The van der Waals surface area contributed by atoms with Crippen molar-refractivity contribution in [1.82, 2.24) is 0 Å². The number of hydrogen-bond donors (Lipinski definition) is 1. The van der Waals surface area contributed by atoms with Gasteiger partial charge in [-0.2, -0.15) is 0 Å². The van der Waals surface area contributed by atoms with E-state index in [4.69, 9.17) is 0 Å². The van der Waals surface area contributed by atoms with Crippen molar-refractivity contribution < 1.29 is 9.90 Å². The summed E-state index contributed by atoms with van der Waals surface area (Å²) in [5, 5.41) is 11.4. The number of fused-ring (bicyclic) bond motifs is 4. The maximum atomic E-state index is 13.1. The Morgan fingerprint density at radius 2 is 1.84 bits per heavy atom. The summed E-state index contributed by atoms with van der Waals surface area (Å²) in [5.41, 5.74) is 5.63. The zero-order chi connectivity index (χ0) is 22.7. The highest BCUT2D eigenvalue weighted by atomic mass is 16.3. The van der Waals surface area contributed by atoms with Gasteiger partial charge in [0, 0.05) is 25.2 Å². The summed E-state index contributed by atoms with van der Waals surface area (Å²) in [6, 6.07) is 8.48. The number of aliphatic hydroxyl groups is 1. The number of benzene rings is 1. The lowest BCUT2D eigenvalue weighted by Gasteiger charge is -2.50. The lowest BCUT2D eigenvalue weighted by Crippen LogP contribution is -2.49. The van der Waals surface area contributed by atoms with Gasteiger partial charge in [-0.05, 0) is 98.6 Å². The van der Waals surface area contributed by atoms with Crippen molar-refractivity contribution in [3.63, 3.8) is 0 Å². The van der Waals surface area contributed by atoms with Crippen LogP contribution in [0.5, 0.6) is 0 Å². The second kappa shape index (κ2) is 7.63. The number of nitrogens with zero attached hydrogens (tertiary/aromatic N) is 1. The van der Waals surface area contributed by atoms with E-state index in [0.29, 0.717) is 11.8 Å². The van der Waals surface area contributed by atoms with Gasteiger partial charge in [0.15, 0.2) is 5.78 Å². The van der Waals surface area contributed by atoms with Crippen LogP contribution in [-0.4, -0.2) is 30.6 Å². The highest BCUT2D eigenvalue weighted by molar-refractivity contribution is 5.98. The SMILES string of the molecule is CC#C[C@]1(O)CC[C@H]2[C@@H]3CCC4=CC(=O)C(c5ccc(N(C)C)cc5)CC4=C3CC[C@@]21C. The molecule has 168 valence electrons. The van der Waals surface area contributed by atoms with E-state index in [1.807, 2.05) is 27.1 Å². The molecule has 0 aliphatic heterocycles. The molecular formula is C29H35NO2. The number of ketones is 1. The van der Waals surface area contributed by atoms with Gasteiger partial charge in [0.2, 0.25) is 0 Å². The fourth-order valence-corrected chi connectivity index (χ4v) is 7.25. The van der Waals surface area contributed by atoms with Crippen molar-refractivity contribution in [2.24, 2.45) is 17.3 Å². The predicted octanol–water partition coefficient (Wildman–Crippen LogP) is 5.41. The third-order valence-electron chi connectivity index (χ3n) is 9.14. The van der Waals surface area contributed by atoms with Crippen LogP contribution >= 0.6 is 0 Å². The third-order valence-corrected chi connectivity index (χ3v) is 9.14. The van der Waals surface area contributed by atoms with E-state index in [2.05, 4.69) is 47.9 Å². The first kappa shape index (κ1) is 21.5. The average molecular weight is 430 g/mol. The van der Waals surface area contributed by atoms with Gasteiger partial charge in [0.1, 0.15) is 5.60 Å². The Hall–Kier alpha value is -2.31. The second-order valence-corrected chi connectivity index (χ2v) is 10.8. The van der Waals surface area contributed by atoms with Gasteiger partial charge in [0.25, 0.3) is 0 Å². The molecule has 1 unspecified atom stereocenters. The van der Waals surface area contributed by atoms with Gasteiger partial charge < -0.3 is 10.0 Å². The molecule has 4 aliphatic rings. The topological polar surface area (TPSA) is 40.5 Å². The normalized spacial score (nSPS) is 35.8. The molecule has 1 N–H and O–H groups in total. The quantitative estimate of drug-likeness (QED) is 0.640. The Morgan fingerprint density at radius 3 is 2.53 bits per heavy atom. The third kappa shape index (κ3) is 3.11. The molecule has 5 rings (SSSR count). The van der Waals surface area contributed by atoms with Crippen LogP contribution in [-0.2, 0) is 4.79 Å². The summed E-state index contributed by atoms with van der Waals surface area (Å²) in [7, 11) is 4.08. The molecule has 2 saturated carbocycles. The Labute approximate surface area is 192 Å². The van der Waals surface area contributed by atoms with Crippen LogP contribution < -0.4 is 4.90 Å². The van der Waals surface area contributed by atoms with Crippen molar-refractivity contribution in [2.45, 2.75) is 70.3 Å². The molecule has 3 heteroatoms. The first-order valence-corrected chi connectivity index (χ1v) is 12.2. The lowest BCUT2D eigenvalue weighted by molar-refractivity contribution is -0.116. The van der Waals surface area contributed by atoms with Crippen LogP contribution in [0.15, 0.2) is 47.1 Å². The fraction of sp³-hybridized carbons (Fsp3) is 0.552. The highest BCUT2D eigenvalue weighted by Crippen LogP contribution is 2.63. The maximum absolute atomic E-state index is 13.1. The van der Waals surface area contributed by atoms with Crippen molar-refractivity contribution >= 4 is 11.5 Å². The summed E-state index contributed by atoms with van der Waals surface area (Å²) in [4.78, 5) is 15.2. The van der Waals surface area contributed by atoms with Gasteiger partial charge >= 0.3 is 0 Å². The fourth-order valence-electron chi connectivity index (χ4n) is 7.25. The molecule has 0 spiro atoms. The minimum absolute atomic E-state index is 0.0732. The minimum atomic E-state index is -0.849. The molecule has 0 heterocycles. The molecule has 1 aromatic rings. The van der Waals surface area contributed by atoms with Gasteiger partial charge in [-0.25, -0.2) is 0 Å². The van der Waals surface area contributed by atoms with Crippen molar-refractivity contribution in [1.29, 1.82) is 0 Å². The Balaban J connectivity index is 1.48.